The van der Waals surface area contributed by atoms with Gasteiger partial charge >= 0.3 is 0 Å². The van der Waals surface area contributed by atoms with Crippen LogP contribution in [0.5, 0.6) is 0 Å². The van der Waals surface area contributed by atoms with Crippen LogP contribution in [0.2, 0.25) is 0 Å². The SMILES string of the molecule is NS(=O)(=O)C1CCc2c(F)cccc21. The zero-order valence-electron chi connectivity index (χ0n) is 7.40. The standard InChI is InChI=1S/C9H10FNO2S/c10-8-3-1-2-7-6(8)4-5-9(7)14(11,12)13/h1-3,9H,4-5H2,(H2,11,12,13). The van der Waals surface area contributed by atoms with Crippen molar-refractivity contribution in [1.29, 1.82) is 0 Å². The van der Waals surface area contributed by atoms with Crippen molar-refractivity contribution in [2.75, 3.05) is 0 Å². The van der Waals surface area contributed by atoms with Gasteiger partial charge in [0, 0.05) is 0 Å². The van der Waals surface area contributed by atoms with Gasteiger partial charge in [-0.25, -0.2) is 17.9 Å². The molecular formula is C9H10FNO2S. The first-order chi connectivity index (χ1) is 6.50. The smallest absolute Gasteiger partial charge is 0.216 e. The van der Waals surface area contributed by atoms with Gasteiger partial charge in [0.2, 0.25) is 10.0 Å². The third-order valence-corrected chi connectivity index (χ3v) is 3.84. The Labute approximate surface area is 81.8 Å². The summed E-state index contributed by atoms with van der Waals surface area (Å²) in [5.41, 5.74) is 1.01. The number of benzene rings is 1. The van der Waals surface area contributed by atoms with Crippen molar-refractivity contribution in [3.8, 4) is 0 Å². The van der Waals surface area contributed by atoms with E-state index in [9.17, 15) is 12.8 Å². The summed E-state index contributed by atoms with van der Waals surface area (Å²) < 4.78 is 35.5. The molecular weight excluding hydrogens is 205 g/mol. The van der Waals surface area contributed by atoms with Gasteiger partial charge in [0.15, 0.2) is 0 Å². The molecule has 1 aliphatic rings. The van der Waals surface area contributed by atoms with Crippen LogP contribution >= 0.6 is 0 Å². The molecule has 0 fully saturated rings. The number of hydrogen-bond acceptors (Lipinski definition) is 2. The summed E-state index contributed by atoms with van der Waals surface area (Å²) in [7, 11) is -3.60. The fourth-order valence-corrected chi connectivity index (χ4v) is 2.93. The molecule has 0 heterocycles. The van der Waals surface area contributed by atoms with Gasteiger partial charge in [0.1, 0.15) is 11.1 Å². The van der Waals surface area contributed by atoms with Gasteiger partial charge in [-0.1, -0.05) is 12.1 Å². The Morgan fingerprint density at radius 3 is 2.79 bits per heavy atom. The monoisotopic (exact) mass is 215 g/mol. The lowest BCUT2D eigenvalue weighted by atomic mass is 10.1. The minimum Gasteiger partial charge on any atom is -0.228 e. The molecule has 5 heteroatoms. The van der Waals surface area contributed by atoms with E-state index in [0.29, 0.717) is 24.0 Å². The van der Waals surface area contributed by atoms with Crippen molar-refractivity contribution in [3.05, 3.63) is 35.1 Å². The molecule has 0 saturated heterocycles. The summed E-state index contributed by atoms with van der Waals surface area (Å²) >= 11 is 0. The lowest BCUT2D eigenvalue weighted by Gasteiger charge is -2.08. The molecule has 0 aliphatic heterocycles. The van der Waals surface area contributed by atoms with E-state index < -0.39 is 15.3 Å². The van der Waals surface area contributed by atoms with Gasteiger partial charge in [0.05, 0.1) is 0 Å². The number of primary sulfonamides is 1. The second-order valence-corrected chi connectivity index (χ2v) is 5.17. The maximum absolute atomic E-state index is 13.2. The minimum absolute atomic E-state index is 0.339. The Morgan fingerprint density at radius 2 is 2.14 bits per heavy atom. The fourth-order valence-electron chi connectivity index (χ4n) is 1.91. The molecule has 0 saturated carbocycles. The average molecular weight is 215 g/mol. The molecule has 2 N–H and O–H groups in total. The van der Waals surface area contributed by atoms with E-state index in [1.54, 1.807) is 6.07 Å². The highest BCUT2D eigenvalue weighted by Gasteiger charge is 2.32. The molecule has 2 rings (SSSR count). The van der Waals surface area contributed by atoms with Gasteiger partial charge in [-0.15, -0.1) is 0 Å². The van der Waals surface area contributed by atoms with E-state index in [2.05, 4.69) is 0 Å². The van der Waals surface area contributed by atoms with E-state index in [4.69, 9.17) is 5.14 Å². The predicted octanol–water partition coefficient (Wildman–Crippen LogP) is 1.10. The number of halogens is 1. The van der Waals surface area contributed by atoms with Gasteiger partial charge < -0.3 is 0 Å². The zero-order valence-corrected chi connectivity index (χ0v) is 8.22. The molecule has 1 atom stereocenters. The van der Waals surface area contributed by atoms with Gasteiger partial charge in [-0.05, 0) is 30.0 Å². The van der Waals surface area contributed by atoms with E-state index in [1.807, 2.05) is 0 Å². The molecule has 1 aliphatic carbocycles. The van der Waals surface area contributed by atoms with Crippen LogP contribution in [0.15, 0.2) is 18.2 Å². The van der Waals surface area contributed by atoms with Gasteiger partial charge in [0.25, 0.3) is 0 Å². The summed E-state index contributed by atoms with van der Waals surface area (Å²) in [5, 5.41) is 4.33. The van der Waals surface area contributed by atoms with Crippen LogP contribution < -0.4 is 5.14 Å². The quantitative estimate of drug-likeness (QED) is 0.762. The van der Waals surface area contributed by atoms with Crippen LogP contribution in [0.25, 0.3) is 0 Å². The van der Waals surface area contributed by atoms with Crippen LogP contribution in [-0.2, 0) is 16.4 Å². The highest BCUT2D eigenvalue weighted by Crippen LogP contribution is 2.36. The molecule has 1 aromatic rings. The Bertz CT molecular complexity index is 470. The number of sulfonamides is 1. The maximum Gasteiger partial charge on any atom is 0.216 e. The predicted molar refractivity (Wildman–Crippen MR) is 50.6 cm³/mol. The molecule has 14 heavy (non-hydrogen) atoms. The lowest BCUT2D eigenvalue weighted by molar-refractivity contribution is 0.582. The van der Waals surface area contributed by atoms with E-state index in [0.717, 1.165) is 0 Å². The van der Waals surface area contributed by atoms with Crippen molar-refractivity contribution in [2.24, 2.45) is 5.14 Å². The number of hydrogen-bond donors (Lipinski definition) is 1. The number of nitrogens with two attached hydrogens (primary N) is 1. The van der Waals surface area contributed by atoms with Crippen molar-refractivity contribution < 1.29 is 12.8 Å². The number of fused-ring (bicyclic) bond motifs is 1. The first-order valence-corrected chi connectivity index (χ1v) is 5.90. The second kappa shape index (κ2) is 3.03. The molecule has 1 aromatic carbocycles. The van der Waals surface area contributed by atoms with Crippen LogP contribution in [0.1, 0.15) is 22.8 Å². The van der Waals surface area contributed by atoms with Crippen molar-refractivity contribution >= 4 is 10.0 Å². The molecule has 0 bridgehead atoms. The first kappa shape index (κ1) is 9.61. The molecule has 0 amide bonds. The van der Waals surface area contributed by atoms with Gasteiger partial charge in [-0.2, -0.15) is 0 Å². The molecule has 0 aromatic heterocycles. The first-order valence-electron chi connectivity index (χ1n) is 4.29. The third-order valence-electron chi connectivity index (χ3n) is 2.56. The second-order valence-electron chi connectivity index (χ2n) is 3.42. The maximum atomic E-state index is 13.2. The summed E-state index contributed by atoms with van der Waals surface area (Å²) in [6.45, 7) is 0. The Kier molecular flexibility index (Phi) is 2.08. The van der Waals surface area contributed by atoms with Crippen molar-refractivity contribution in [3.63, 3.8) is 0 Å². The lowest BCUT2D eigenvalue weighted by Crippen LogP contribution is -2.19. The van der Waals surface area contributed by atoms with Crippen molar-refractivity contribution in [2.45, 2.75) is 18.1 Å². The summed E-state index contributed by atoms with van der Waals surface area (Å²) in [4.78, 5) is 0. The Balaban J connectivity index is 2.56. The van der Waals surface area contributed by atoms with Crippen LogP contribution in [0.3, 0.4) is 0 Å². The molecule has 0 radical (unpaired) electrons. The largest absolute Gasteiger partial charge is 0.228 e. The highest BCUT2D eigenvalue weighted by molar-refractivity contribution is 7.89. The molecule has 76 valence electrons. The molecule has 3 nitrogen and oxygen atoms in total. The summed E-state index contributed by atoms with van der Waals surface area (Å²) in [6, 6.07) is 4.47. The third kappa shape index (κ3) is 1.42. The Hall–Kier alpha value is -0.940. The fraction of sp³-hybridized carbons (Fsp3) is 0.333. The minimum atomic E-state index is -3.60. The number of rotatable bonds is 1. The molecule has 0 spiro atoms. The summed E-state index contributed by atoms with van der Waals surface area (Å²) in [5.74, 6) is -0.339. The van der Waals surface area contributed by atoms with Gasteiger partial charge in [-0.3, -0.25) is 0 Å². The van der Waals surface area contributed by atoms with E-state index >= 15 is 0 Å². The highest BCUT2D eigenvalue weighted by atomic mass is 32.2. The topological polar surface area (TPSA) is 60.2 Å². The Morgan fingerprint density at radius 1 is 1.43 bits per heavy atom. The van der Waals surface area contributed by atoms with Crippen LogP contribution in [-0.4, -0.2) is 8.42 Å². The molecule has 1 unspecified atom stereocenters. The average Bonchev–Trinajstić information content (AvgIpc) is 2.47. The van der Waals surface area contributed by atoms with E-state index in [-0.39, 0.29) is 5.82 Å². The van der Waals surface area contributed by atoms with E-state index in [1.165, 1.54) is 12.1 Å². The van der Waals surface area contributed by atoms with Crippen LogP contribution in [0.4, 0.5) is 4.39 Å². The normalized spacial score (nSPS) is 20.9. The zero-order chi connectivity index (χ0) is 10.3. The summed E-state index contributed by atoms with van der Waals surface area (Å²) in [6.07, 6.45) is 0.832. The van der Waals surface area contributed by atoms with Crippen molar-refractivity contribution in [1.82, 2.24) is 0 Å². The van der Waals surface area contributed by atoms with Crippen LogP contribution in [0, 0.1) is 5.82 Å².